The summed E-state index contributed by atoms with van der Waals surface area (Å²) in [4.78, 5) is 0. The van der Waals surface area contributed by atoms with E-state index in [1.807, 2.05) is 6.92 Å². The Balaban J connectivity index is 1.38. The summed E-state index contributed by atoms with van der Waals surface area (Å²) in [5, 5.41) is 0. The topological polar surface area (TPSA) is 46.2 Å². The van der Waals surface area contributed by atoms with Gasteiger partial charge in [0.2, 0.25) is 0 Å². The predicted octanol–water partition coefficient (Wildman–Crippen LogP) is 8.40. The van der Waals surface area contributed by atoms with Crippen molar-refractivity contribution in [1.29, 1.82) is 0 Å². The third-order valence-corrected chi connectivity index (χ3v) is 7.04. The first-order valence-corrected chi connectivity index (χ1v) is 13.5. The van der Waals surface area contributed by atoms with Crippen LogP contribution in [0.5, 0.6) is 5.75 Å². The summed E-state index contributed by atoms with van der Waals surface area (Å²) in [7, 11) is 0. The van der Waals surface area contributed by atoms with Crippen molar-refractivity contribution in [1.82, 2.24) is 0 Å². The van der Waals surface area contributed by atoms with Gasteiger partial charge in [0.1, 0.15) is 40.1 Å². The molecule has 2 saturated heterocycles. The van der Waals surface area contributed by atoms with Crippen LogP contribution >= 0.6 is 0 Å². The molecule has 0 saturated carbocycles. The number of benzene rings is 2. The highest BCUT2D eigenvalue weighted by Gasteiger charge is 2.48. The smallest absolute Gasteiger partial charge is 0.429 e. The van der Waals surface area contributed by atoms with Gasteiger partial charge in [-0.3, -0.25) is 0 Å². The van der Waals surface area contributed by atoms with Crippen molar-refractivity contribution < 1.29 is 72.0 Å². The standard InChI is InChI=1S/C28H27F11O5/c1-2-3-4-14-11-41-25(42-12-14)28(38,39)43-16-5-6-22(40-13-16)15-7-18(29)24(19(30)8-15)27(36,37)44-17-9-20(31)23(21(32)10-17)26(33,34)35/h7-10,14,16,22,25H,2-6,11-13H2,1H3. The van der Waals surface area contributed by atoms with E-state index in [4.69, 9.17) is 18.9 Å². The fraction of sp³-hybridized carbons (Fsp3) is 0.571. The van der Waals surface area contributed by atoms with E-state index in [1.54, 1.807) is 0 Å². The lowest BCUT2D eigenvalue weighted by Crippen LogP contribution is -2.48. The van der Waals surface area contributed by atoms with Gasteiger partial charge in [0.15, 0.2) is 0 Å². The van der Waals surface area contributed by atoms with Crippen molar-refractivity contribution in [3.63, 3.8) is 0 Å². The van der Waals surface area contributed by atoms with Gasteiger partial charge < -0.3 is 23.7 Å². The number of alkyl halides is 7. The van der Waals surface area contributed by atoms with Crippen molar-refractivity contribution in [2.45, 2.75) is 75.9 Å². The Labute approximate surface area is 244 Å². The second-order valence-corrected chi connectivity index (χ2v) is 10.4. The third-order valence-electron chi connectivity index (χ3n) is 7.04. The molecule has 0 radical (unpaired) electrons. The molecule has 2 fully saturated rings. The first-order valence-electron chi connectivity index (χ1n) is 13.5. The Morgan fingerprint density at radius 3 is 1.82 bits per heavy atom. The molecule has 2 unspecified atom stereocenters. The largest absolute Gasteiger partial charge is 0.432 e. The Bertz CT molecular complexity index is 1240. The lowest BCUT2D eigenvalue weighted by atomic mass is 9.98. The number of hydrogen-bond donors (Lipinski definition) is 0. The zero-order chi connectivity index (χ0) is 32.4. The molecule has 0 spiro atoms. The fourth-order valence-electron chi connectivity index (χ4n) is 4.89. The number of unbranched alkanes of at least 4 members (excludes halogenated alkanes) is 1. The molecule has 2 aliphatic rings. The molecule has 0 aliphatic carbocycles. The van der Waals surface area contributed by atoms with Gasteiger partial charge in [-0.05, 0) is 37.0 Å². The lowest BCUT2D eigenvalue weighted by Gasteiger charge is -2.36. The van der Waals surface area contributed by atoms with E-state index in [1.165, 1.54) is 0 Å². The van der Waals surface area contributed by atoms with Crippen LogP contribution in [0.4, 0.5) is 48.3 Å². The quantitative estimate of drug-likeness (QED) is 0.242. The van der Waals surface area contributed by atoms with Crippen LogP contribution in [0, 0.1) is 29.2 Å². The van der Waals surface area contributed by atoms with E-state index in [2.05, 4.69) is 4.74 Å². The third kappa shape index (κ3) is 7.93. The number of rotatable bonds is 10. The summed E-state index contributed by atoms with van der Waals surface area (Å²) in [6.45, 7) is 1.68. The van der Waals surface area contributed by atoms with Crippen molar-refractivity contribution in [2.24, 2.45) is 5.92 Å². The first kappa shape index (κ1) is 34.2. The lowest BCUT2D eigenvalue weighted by molar-refractivity contribution is -0.393. The maximum atomic E-state index is 14.7. The van der Waals surface area contributed by atoms with E-state index in [-0.39, 0.29) is 49.7 Å². The van der Waals surface area contributed by atoms with Crippen LogP contribution in [-0.4, -0.2) is 38.3 Å². The Hall–Kier alpha value is -2.69. The first-order chi connectivity index (χ1) is 20.5. The maximum Gasteiger partial charge on any atom is 0.432 e. The normalized spacial score (nSPS) is 23.5. The van der Waals surface area contributed by atoms with E-state index in [9.17, 15) is 48.3 Å². The van der Waals surface area contributed by atoms with Gasteiger partial charge in [-0.15, -0.1) is 0 Å². The Morgan fingerprint density at radius 1 is 0.750 bits per heavy atom. The summed E-state index contributed by atoms with van der Waals surface area (Å²) in [6, 6.07) is 0.503. The van der Waals surface area contributed by atoms with Gasteiger partial charge in [-0.1, -0.05) is 19.8 Å². The molecule has 2 aromatic carbocycles. The van der Waals surface area contributed by atoms with Crippen molar-refractivity contribution in [2.75, 3.05) is 19.8 Å². The summed E-state index contributed by atoms with van der Waals surface area (Å²) in [5.74, 6) is -9.83. The van der Waals surface area contributed by atoms with Gasteiger partial charge in [0.05, 0.1) is 32.0 Å². The number of halogens is 11. The molecule has 2 aromatic rings. The van der Waals surface area contributed by atoms with Crippen LogP contribution in [0.2, 0.25) is 0 Å². The predicted molar refractivity (Wildman–Crippen MR) is 129 cm³/mol. The van der Waals surface area contributed by atoms with Gasteiger partial charge in [0, 0.05) is 18.1 Å². The highest BCUT2D eigenvalue weighted by atomic mass is 19.4. The molecular weight excluding hydrogens is 625 g/mol. The molecular formula is C28H27F11O5. The van der Waals surface area contributed by atoms with Crippen LogP contribution in [0.25, 0.3) is 0 Å². The Kier molecular flexibility index (Phi) is 10.4. The van der Waals surface area contributed by atoms with Gasteiger partial charge in [0.25, 0.3) is 6.29 Å². The van der Waals surface area contributed by atoms with Crippen LogP contribution in [0.15, 0.2) is 24.3 Å². The monoisotopic (exact) mass is 652 g/mol. The zero-order valence-electron chi connectivity index (χ0n) is 23.0. The minimum atomic E-state index is -5.49. The number of ether oxygens (including phenoxy) is 5. The number of hydrogen-bond acceptors (Lipinski definition) is 5. The van der Waals surface area contributed by atoms with Crippen LogP contribution in [-0.2, 0) is 31.2 Å². The highest BCUT2D eigenvalue weighted by Crippen LogP contribution is 2.41. The minimum Gasteiger partial charge on any atom is -0.429 e. The molecule has 44 heavy (non-hydrogen) atoms. The molecule has 0 amide bonds. The van der Waals surface area contributed by atoms with Gasteiger partial charge in [-0.2, -0.15) is 30.7 Å². The molecule has 0 bridgehead atoms. The molecule has 4 rings (SSSR count). The second kappa shape index (κ2) is 13.3. The van der Waals surface area contributed by atoms with E-state index in [0.717, 1.165) is 19.3 Å². The molecule has 16 heteroatoms. The highest BCUT2D eigenvalue weighted by molar-refractivity contribution is 5.35. The summed E-state index contributed by atoms with van der Waals surface area (Å²) in [5.41, 5.74) is -4.65. The molecule has 2 heterocycles. The van der Waals surface area contributed by atoms with Gasteiger partial charge in [-0.25, -0.2) is 17.6 Å². The molecule has 246 valence electrons. The van der Waals surface area contributed by atoms with Crippen molar-refractivity contribution >= 4 is 0 Å². The van der Waals surface area contributed by atoms with E-state index < -0.39 is 83.6 Å². The van der Waals surface area contributed by atoms with Crippen LogP contribution in [0.1, 0.15) is 61.8 Å². The molecule has 0 aromatic heterocycles. The van der Waals surface area contributed by atoms with Crippen LogP contribution < -0.4 is 4.74 Å². The Morgan fingerprint density at radius 2 is 1.32 bits per heavy atom. The van der Waals surface area contributed by atoms with Crippen molar-refractivity contribution in [3.8, 4) is 5.75 Å². The molecule has 5 nitrogen and oxygen atoms in total. The molecule has 0 N–H and O–H groups in total. The SMILES string of the molecule is CCCCC1COC(C(F)(F)OC2CCC(c3cc(F)c(C(F)(F)Oc4cc(F)c(C(F)(F)F)c(F)c4)c(F)c3)OC2)OC1. The van der Waals surface area contributed by atoms with E-state index >= 15 is 0 Å². The summed E-state index contributed by atoms with van der Waals surface area (Å²) >= 11 is 0. The summed E-state index contributed by atoms with van der Waals surface area (Å²) < 4.78 is 178. The summed E-state index contributed by atoms with van der Waals surface area (Å²) in [6.07, 6.45) is -16.1. The maximum absolute atomic E-state index is 14.7. The van der Waals surface area contributed by atoms with Crippen LogP contribution in [0.3, 0.4) is 0 Å². The van der Waals surface area contributed by atoms with Crippen molar-refractivity contribution in [3.05, 3.63) is 64.2 Å². The zero-order valence-corrected chi connectivity index (χ0v) is 23.0. The second-order valence-electron chi connectivity index (χ2n) is 10.4. The molecule has 2 aliphatic heterocycles. The van der Waals surface area contributed by atoms with Gasteiger partial charge >= 0.3 is 18.4 Å². The average molecular weight is 652 g/mol. The molecule has 2 atom stereocenters. The van der Waals surface area contributed by atoms with E-state index in [0.29, 0.717) is 12.1 Å². The minimum absolute atomic E-state index is 0.0183. The fourth-order valence-corrected chi connectivity index (χ4v) is 4.89. The average Bonchev–Trinajstić information content (AvgIpc) is 2.90.